The molecule has 2 aromatic carbocycles. The zero-order valence-corrected chi connectivity index (χ0v) is 17.1. The van der Waals surface area contributed by atoms with Crippen LogP contribution in [0.1, 0.15) is 59.6 Å². The molecule has 0 bridgehead atoms. The number of hydrogen-bond donors (Lipinski definition) is 2. The molecule has 2 atom stereocenters. The molecule has 1 amide bonds. The van der Waals surface area contributed by atoms with Crippen molar-refractivity contribution in [3.63, 3.8) is 0 Å². The van der Waals surface area contributed by atoms with E-state index in [9.17, 15) is 19.1 Å². The number of carboxylic acid groups (broad SMARTS) is 1. The topological polar surface area (TPSA) is 69.6 Å². The number of hydrogen-bond acceptors (Lipinski definition) is 3. The number of nitrogens with one attached hydrogen (secondary N) is 1. The first-order valence-corrected chi connectivity index (χ1v) is 10.6. The van der Waals surface area contributed by atoms with Gasteiger partial charge in [0.25, 0.3) is 5.91 Å². The molecule has 2 aromatic rings. The first-order chi connectivity index (χ1) is 14.5. The van der Waals surface area contributed by atoms with E-state index in [0.717, 1.165) is 24.1 Å². The van der Waals surface area contributed by atoms with Crippen molar-refractivity contribution < 1.29 is 19.1 Å². The largest absolute Gasteiger partial charge is 0.481 e. The fraction of sp³-hybridized carbons (Fsp3) is 0.417. The van der Waals surface area contributed by atoms with Crippen LogP contribution in [0.3, 0.4) is 0 Å². The van der Waals surface area contributed by atoms with Crippen LogP contribution < -0.4 is 5.32 Å². The third kappa shape index (κ3) is 3.91. The van der Waals surface area contributed by atoms with Gasteiger partial charge < -0.3 is 15.3 Å². The van der Waals surface area contributed by atoms with Crippen molar-refractivity contribution in [1.82, 2.24) is 4.90 Å². The minimum Gasteiger partial charge on any atom is -0.481 e. The number of carboxylic acids is 1. The first kappa shape index (κ1) is 20.4. The summed E-state index contributed by atoms with van der Waals surface area (Å²) in [6.45, 7) is 2.11. The molecule has 1 saturated heterocycles. The van der Waals surface area contributed by atoms with E-state index in [4.69, 9.17) is 0 Å². The highest BCUT2D eigenvalue weighted by atomic mass is 19.1. The summed E-state index contributed by atoms with van der Waals surface area (Å²) in [6, 6.07) is 12.1. The Balaban J connectivity index is 1.66. The quantitative estimate of drug-likeness (QED) is 0.745. The predicted molar refractivity (Wildman–Crippen MR) is 113 cm³/mol. The number of anilines is 1. The number of carbonyl (C=O) groups excluding carboxylic acids is 1. The van der Waals surface area contributed by atoms with Crippen molar-refractivity contribution in [2.75, 3.05) is 11.9 Å². The highest BCUT2D eigenvalue weighted by Crippen LogP contribution is 2.38. The fourth-order valence-electron chi connectivity index (χ4n) is 4.51. The number of aliphatic carboxylic acids is 1. The van der Waals surface area contributed by atoms with Gasteiger partial charge in [-0.25, -0.2) is 4.39 Å². The van der Waals surface area contributed by atoms with Crippen LogP contribution in [0.5, 0.6) is 0 Å². The summed E-state index contributed by atoms with van der Waals surface area (Å²) in [5, 5.41) is 13.3. The maximum atomic E-state index is 14.5. The van der Waals surface area contributed by atoms with Crippen molar-refractivity contribution in [2.45, 2.75) is 51.1 Å². The number of aryl methyl sites for hydroxylation is 1. The molecule has 1 heterocycles. The molecule has 158 valence electrons. The Bertz CT molecular complexity index is 920. The van der Waals surface area contributed by atoms with Gasteiger partial charge in [0.2, 0.25) is 0 Å². The van der Waals surface area contributed by atoms with Gasteiger partial charge in [0, 0.05) is 18.3 Å². The Hall–Kier alpha value is -2.89. The molecule has 0 aromatic heterocycles. The molecule has 0 radical (unpaired) electrons. The van der Waals surface area contributed by atoms with Crippen LogP contribution >= 0.6 is 0 Å². The Labute approximate surface area is 175 Å². The molecule has 5 nitrogen and oxygen atoms in total. The summed E-state index contributed by atoms with van der Waals surface area (Å²) >= 11 is 0. The lowest BCUT2D eigenvalue weighted by molar-refractivity contribution is -0.145. The van der Waals surface area contributed by atoms with Crippen LogP contribution in [0, 0.1) is 18.7 Å². The summed E-state index contributed by atoms with van der Waals surface area (Å²) < 4.78 is 14.5. The van der Waals surface area contributed by atoms with Crippen LogP contribution in [-0.4, -0.2) is 34.5 Å². The molecule has 1 saturated carbocycles. The van der Waals surface area contributed by atoms with E-state index in [-0.39, 0.29) is 5.56 Å². The number of piperidine rings is 1. The lowest BCUT2D eigenvalue weighted by atomic mass is 9.84. The molecule has 1 aliphatic carbocycles. The number of rotatable bonds is 5. The third-order valence-electron chi connectivity index (χ3n) is 6.37. The number of likely N-dealkylation sites (tertiary alicyclic amines) is 1. The fourth-order valence-corrected chi connectivity index (χ4v) is 4.51. The van der Waals surface area contributed by atoms with Crippen LogP contribution in [0.2, 0.25) is 0 Å². The van der Waals surface area contributed by atoms with Crippen LogP contribution in [0.4, 0.5) is 10.1 Å². The van der Waals surface area contributed by atoms with E-state index < -0.39 is 29.7 Å². The van der Waals surface area contributed by atoms with Gasteiger partial charge in [-0.3, -0.25) is 9.59 Å². The molecular weight excluding hydrogens is 383 g/mol. The molecule has 30 heavy (non-hydrogen) atoms. The van der Waals surface area contributed by atoms with Gasteiger partial charge >= 0.3 is 5.97 Å². The molecule has 2 aliphatic rings. The van der Waals surface area contributed by atoms with Gasteiger partial charge in [-0.1, -0.05) is 24.3 Å². The van der Waals surface area contributed by atoms with Gasteiger partial charge in [-0.05, 0) is 68.4 Å². The number of benzene rings is 2. The van der Waals surface area contributed by atoms with Crippen molar-refractivity contribution in [3.05, 3.63) is 65.0 Å². The molecule has 0 unspecified atom stereocenters. The van der Waals surface area contributed by atoms with Crippen molar-refractivity contribution in [3.8, 4) is 0 Å². The molecular formula is C24H27FN2O3. The summed E-state index contributed by atoms with van der Waals surface area (Å²) in [5.41, 5.74) is 2.34. The Morgan fingerprint density at radius 1 is 1.07 bits per heavy atom. The van der Waals surface area contributed by atoms with E-state index in [1.807, 2.05) is 24.3 Å². The van der Waals surface area contributed by atoms with Crippen LogP contribution in [-0.2, 0) is 4.79 Å². The maximum absolute atomic E-state index is 14.5. The second-order valence-corrected chi connectivity index (χ2v) is 8.36. The van der Waals surface area contributed by atoms with E-state index in [1.165, 1.54) is 12.5 Å². The molecule has 4 rings (SSSR count). The molecule has 0 spiro atoms. The molecule has 6 heteroatoms. The van der Waals surface area contributed by atoms with Gasteiger partial charge in [0.05, 0.1) is 17.5 Å². The second kappa shape index (κ2) is 8.46. The Kier molecular flexibility index (Phi) is 5.75. The average Bonchev–Trinajstić information content (AvgIpc) is 2.70. The van der Waals surface area contributed by atoms with Gasteiger partial charge in [-0.15, -0.1) is 0 Å². The first-order valence-electron chi connectivity index (χ1n) is 10.6. The number of carbonyl (C=O) groups is 2. The van der Waals surface area contributed by atoms with Crippen molar-refractivity contribution >= 4 is 17.6 Å². The SMILES string of the molecule is Cc1cccc(F)c1C(=O)N1CCC[C@H](C(=O)O)[C@@H]1c1ccc(NC2CCC2)cc1. The second-order valence-electron chi connectivity index (χ2n) is 8.36. The highest BCUT2D eigenvalue weighted by Gasteiger charge is 2.40. The van der Waals surface area contributed by atoms with Gasteiger partial charge in [0.1, 0.15) is 5.82 Å². The summed E-state index contributed by atoms with van der Waals surface area (Å²) in [6.07, 6.45) is 4.63. The zero-order valence-electron chi connectivity index (χ0n) is 17.1. The van der Waals surface area contributed by atoms with Gasteiger partial charge in [-0.2, -0.15) is 0 Å². The normalized spacial score (nSPS) is 21.7. The average molecular weight is 410 g/mol. The Morgan fingerprint density at radius 2 is 1.80 bits per heavy atom. The van der Waals surface area contributed by atoms with Crippen molar-refractivity contribution in [1.29, 1.82) is 0 Å². The van der Waals surface area contributed by atoms with Gasteiger partial charge in [0.15, 0.2) is 0 Å². The predicted octanol–water partition coefficient (Wildman–Crippen LogP) is 4.78. The molecule has 1 aliphatic heterocycles. The lowest BCUT2D eigenvalue weighted by Gasteiger charge is -2.40. The standard InChI is InChI=1S/C24H27FN2O3/c1-15-5-2-9-20(25)21(15)23(28)27-14-4-8-19(24(29)30)22(27)16-10-12-18(13-11-16)26-17-6-3-7-17/h2,5,9-13,17,19,22,26H,3-4,6-8,14H2,1H3,(H,29,30)/t19-,22-/m0/s1. The van der Waals surface area contributed by atoms with E-state index in [0.29, 0.717) is 31.0 Å². The van der Waals surface area contributed by atoms with Crippen molar-refractivity contribution in [2.24, 2.45) is 5.92 Å². The van der Waals surface area contributed by atoms with E-state index in [2.05, 4.69) is 5.32 Å². The monoisotopic (exact) mass is 410 g/mol. The minimum absolute atomic E-state index is 0.0248. The third-order valence-corrected chi connectivity index (χ3v) is 6.37. The molecule has 2 N–H and O–H groups in total. The van der Waals surface area contributed by atoms with Crippen LogP contribution in [0.15, 0.2) is 42.5 Å². The minimum atomic E-state index is -0.931. The zero-order chi connectivity index (χ0) is 21.3. The van der Waals surface area contributed by atoms with Crippen LogP contribution in [0.25, 0.3) is 0 Å². The highest BCUT2D eigenvalue weighted by molar-refractivity contribution is 5.96. The Morgan fingerprint density at radius 3 is 2.40 bits per heavy atom. The maximum Gasteiger partial charge on any atom is 0.308 e. The lowest BCUT2D eigenvalue weighted by Crippen LogP contribution is -2.45. The number of amides is 1. The van der Waals surface area contributed by atoms with E-state index >= 15 is 0 Å². The smallest absolute Gasteiger partial charge is 0.308 e. The summed E-state index contributed by atoms with van der Waals surface area (Å²) in [4.78, 5) is 26.9. The number of nitrogens with zero attached hydrogens (tertiary/aromatic N) is 1. The number of halogens is 1. The van der Waals surface area contributed by atoms with E-state index in [1.54, 1.807) is 24.0 Å². The molecule has 2 fully saturated rings. The summed E-state index contributed by atoms with van der Waals surface area (Å²) in [7, 11) is 0. The summed E-state index contributed by atoms with van der Waals surface area (Å²) in [5.74, 6) is -2.67.